The molecule has 1 nitrogen and oxygen atoms in total. The Morgan fingerprint density at radius 2 is 1.95 bits per heavy atom. The first-order valence-electron chi connectivity index (χ1n) is 7.50. The molecule has 0 aliphatic heterocycles. The van der Waals surface area contributed by atoms with Crippen LogP contribution in [0.15, 0.2) is 24.3 Å². The van der Waals surface area contributed by atoms with E-state index in [0.717, 1.165) is 5.56 Å². The van der Waals surface area contributed by atoms with Gasteiger partial charge in [-0.05, 0) is 55.3 Å². The maximum Gasteiger partial charge on any atom is 0.123 e. The molecular formula is C17H26FN. The fourth-order valence-corrected chi connectivity index (χ4v) is 4.02. The van der Waals surface area contributed by atoms with Crippen molar-refractivity contribution in [3.05, 3.63) is 35.6 Å². The summed E-state index contributed by atoms with van der Waals surface area (Å²) in [5.74, 6) is 0.554. The zero-order valence-corrected chi connectivity index (χ0v) is 12.4. The van der Waals surface area contributed by atoms with E-state index in [0.29, 0.717) is 11.3 Å². The van der Waals surface area contributed by atoms with Gasteiger partial charge in [0, 0.05) is 6.04 Å². The molecule has 1 aliphatic carbocycles. The monoisotopic (exact) mass is 263 g/mol. The molecule has 2 heteroatoms. The summed E-state index contributed by atoms with van der Waals surface area (Å²) in [6.45, 7) is 4.58. The number of hydrogen-bond acceptors (Lipinski definition) is 1. The van der Waals surface area contributed by atoms with Crippen LogP contribution >= 0.6 is 0 Å². The Labute approximate surface area is 116 Å². The van der Waals surface area contributed by atoms with Gasteiger partial charge in [-0.1, -0.05) is 38.8 Å². The normalized spacial score (nSPS) is 19.8. The summed E-state index contributed by atoms with van der Waals surface area (Å²) >= 11 is 0. The molecule has 1 fully saturated rings. The minimum atomic E-state index is -0.129. The van der Waals surface area contributed by atoms with Crippen molar-refractivity contribution in [2.45, 2.75) is 52.0 Å². The van der Waals surface area contributed by atoms with Crippen LogP contribution in [0.2, 0.25) is 0 Å². The Balaban J connectivity index is 2.32. The van der Waals surface area contributed by atoms with Crippen LogP contribution in [0.3, 0.4) is 0 Å². The van der Waals surface area contributed by atoms with E-state index < -0.39 is 0 Å². The van der Waals surface area contributed by atoms with Gasteiger partial charge < -0.3 is 5.32 Å². The molecule has 1 aromatic rings. The SMILES string of the molecule is CNC(c1cccc(F)c1)C1(CC(C)C)CCCC1. The minimum Gasteiger partial charge on any atom is -0.313 e. The fraction of sp³-hybridized carbons (Fsp3) is 0.647. The molecule has 0 amide bonds. The summed E-state index contributed by atoms with van der Waals surface area (Å²) in [4.78, 5) is 0. The van der Waals surface area contributed by atoms with E-state index >= 15 is 0 Å². The van der Waals surface area contributed by atoms with Gasteiger partial charge in [-0.2, -0.15) is 0 Å². The molecule has 0 bridgehead atoms. The molecule has 106 valence electrons. The fourth-order valence-electron chi connectivity index (χ4n) is 4.02. The van der Waals surface area contributed by atoms with Gasteiger partial charge >= 0.3 is 0 Å². The summed E-state index contributed by atoms with van der Waals surface area (Å²) in [6.07, 6.45) is 6.34. The van der Waals surface area contributed by atoms with E-state index in [4.69, 9.17) is 0 Å². The predicted octanol–water partition coefficient (Wildman–Crippen LogP) is 4.69. The highest BCUT2D eigenvalue weighted by atomic mass is 19.1. The Bertz CT molecular complexity index is 407. The molecule has 0 aromatic heterocycles. The quantitative estimate of drug-likeness (QED) is 0.812. The average molecular weight is 263 g/mol. The van der Waals surface area contributed by atoms with Crippen molar-refractivity contribution in [1.29, 1.82) is 0 Å². The molecule has 19 heavy (non-hydrogen) atoms. The smallest absolute Gasteiger partial charge is 0.123 e. The number of halogens is 1. The third kappa shape index (κ3) is 3.17. The molecule has 0 heterocycles. The van der Waals surface area contributed by atoms with Crippen LogP contribution in [0, 0.1) is 17.2 Å². The van der Waals surface area contributed by atoms with Crippen molar-refractivity contribution in [3.8, 4) is 0 Å². The van der Waals surface area contributed by atoms with E-state index in [-0.39, 0.29) is 11.9 Å². The van der Waals surface area contributed by atoms with Gasteiger partial charge in [-0.3, -0.25) is 0 Å². The van der Waals surface area contributed by atoms with Gasteiger partial charge in [0.25, 0.3) is 0 Å². The maximum absolute atomic E-state index is 13.5. The molecular weight excluding hydrogens is 237 g/mol. The molecule has 0 saturated heterocycles. The second kappa shape index (κ2) is 6.04. The van der Waals surface area contributed by atoms with Crippen molar-refractivity contribution in [2.75, 3.05) is 7.05 Å². The van der Waals surface area contributed by atoms with Crippen molar-refractivity contribution < 1.29 is 4.39 Å². The van der Waals surface area contributed by atoms with Crippen LogP contribution in [0.4, 0.5) is 4.39 Å². The van der Waals surface area contributed by atoms with E-state index in [9.17, 15) is 4.39 Å². The van der Waals surface area contributed by atoms with Gasteiger partial charge in [0.2, 0.25) is 0 Å². The summed E-state index contributed by atoms with van der Waals surface area (Å²) < 4.78 is 13.5. The molecule has 1 N–H and O–H groups in total. The topological polar surface area (TPSA) is 12.0 Å². The highest BCUT2D eigenvalue weighted by Gasteiger charge is 2.41. The van der Waals surface area contributed by atoms with E-state index in [1.807, 2.05) is 13.1 Å². The zero-order valence-electron chi connectivity index (χ0n) is 12.4. The van der Waals surface area contributed by atoms with Crippen molar-refractivity contribution in [2.24, 2.45) is 11.3 Å². The molecule has 1 aliphatic rings. The molecule has 1 atom stereocenters. The average Bonchev–Trinajstić information content (AvgIpc) is 2.78. The second-order valence-corrected chi connectivity index (χ2v) is 6.44. The third-order valence-corrected chi connectivity index (χ3v) is 4.50. The second-order valence-electron chi connectivity index (χ2n) is 6.44. The number of benzene rings is 1. The van der Waals surface area contributed by atoms with Gasteiger partial charge in [0.1, 0.15) is 5.82 Å². The van der Waals surface area contributed by atoms with Gasteiger partial charge in [0.15, 0.2) is 0 Å². The lowest BCUT2D eigenvalue weighted by Gasteiger charge is -2.39. The van der Waals surface area contributed by atoms with Gasteiger partial charge in [0.05, 0.1) is 0 Å². The predicted molar refractivity (Wildman–Crippen MR) is 78.6 cm³/mol. The Morgan fingerprint density at radius 3 is 2.47 bits per heavy atom. The van der Waals surface area contributed by atoms with Crippen molar-refractivity contribution >= 4 is 0 Å². The molecule has 1 aromatic carbocycles. The van der Waals surface area contributed by atoms with Crippen LogP contribution < -0.4 is 5.32 Å². The number of nitrogens with one attached hydrogen (secondary N) is 1. The first-order chi connectivity index (χ1) is 9.07. The van der Waals surface area contributed by atoms with Crippen LogP contribution in [0.5, 0.6) is 0 Å². The summed E-state index contributed by atoms with van der Waals surface area (Å²) in [5, 5.41) is 3.47. The standard InChI is InChI=1S/C17H26FN/c1-13(2)12-17(9-4-5-10-17)16(19-3)14-7-6-8-15(18)11-14/h6-8,11,13,16,19H,4-5,9-10,12H2,1-3H3. The number of rotatable bonds is 5. The Morgan fingerprint density at radius 1 is 1.26 bits per heavy atom. The highest BCUT2D eigenvalue weighted by Crippen LogP contribution is 2.51. The Kier molecular flexibility index (Phi) is 4.62. The minimum absolute atomic E-state index is 0.129. The molecule has 0 spiro atoms. The van der Waals surface area contributed by atoms with Gasteiger partial charge in [-0.15, -0.1) is 0 Å². The summed E-state index contributed by atoms with van der Waals surface area (Å²) in [7, 11) is 2.01. The van der Waals surface area contributed by atoms with Gasteiger partial charge in [-0.25, -0.2) is 4.39 Å². The molecule has 0 radical (unpaired) electrons. The van der Waals surface area contributed by atoms with E-state index in [1.165, 1.54) is 38.2 Å². The third-order valence-electron chi connectivity index (χ3n) is 4.50. The van der Waals surface area contributed by atoms with Crippen LogP contribution in [0.25, 0.3) is 0 Å². The molecule has 2 rings (SSSR count). The first kappa shape index (κ1) is 14.5. The lowest BCUT2D eigenvalue weighted by Crippen LogP contribution is -2.35. The lowest BCUT2D eigenvalue weighted by molar-refractivity contribution is 0.161. The first-order valence-corrected chi connectivity index (χ1v) is 7.50. The van der Waals surface area contributed by atoms with Crippen LogP contribution in [-0.2, 0) is 0 Å². The lowest BCUT2D eigenvalue weighted by atomic mass is 9.70. The van der Waals surface area contributed by atoms with Crippen LogP contribution in [-0.4, -0.2) is 7.05 Å². The summed E-state index contributed by atoms with van der Waals surface area (Å²) in [6, 6.07) is 7.38. The zero-order chi connectivity index (χ0) is 13.9. The van der Waals surface area contributed by atoms with E-state index in [2.05, 4.69) is 25.2 Å². The largest absolute Gasteiger partial charge is 0.313 e. The van der Waals surface area contributed by atoms with Crippen molar-refractivity contribution in [3.63, 3.8) is 0 Å². The van der Waals surface area contributed by atoms with Crippen LogP contribution in [0.1, 0.15) is 57.6 Å². The van der Waals surface area contributed by atoms with Crippen molar-refractivity contribution in [1.82, 2.24) is 5.32 Å². The molecule has 1 saturated carbocycles. The number of hydrogen-bond donors (Lipinski definition) is 1. The Hall–Kier alpha value is -0.890. The summed E-state index contributed by atoms with van der Waals surface area (Å²) in [5.41, 5.74) is 1.40. The maximum atomic E-state index is 13.5. The highest BCUT2D eigenvalue weighted by molar-refractivity contribution is 5.23. The van der Waals surface area contributed by atoms with E-state index in [1.54, 1.807) is 6.07 Å². The molecule has 1 unspecified atom stereocenters.